The van der Waals surface area contributed by atoms with Crippen molar-refractivity contribution in [2.45, 2.75) is 91.1 Å². The number of carbonyl (C=O) groups is 4. The van der Waals surface area contributed by atoms with Gasteiger partial charge in [-0.15, -0.1) is 0 Å². The van der Waals surface area contributed by atoms with E-state index in [-0.39, 0.29) is 24.3 Å². The number of likely N-dealkylation sites (N-methyl/N-ethyl adjacent to an activating group) is 1. The highest BCUT2D eigenvalue weighted by atomic mass is 16.6. The van der Waals surface area contributed by atoms with Gasteiger partial charge in [0.2, 0.25) is 11.8 Å². The molecule has 10 nitrogen and oxygen atoms in total. The van der Waals surface area contributed by atoms with Crippen LogP contribution >= 0.6 is 0 Å². The van der Waals surface area contributed by atoms with Crippen LogP contribution in [0.4, 0.5) is 4.79 Å². The van der Waals surface area contributed by atoms with Crippen molar-refractivity contribution in [3.63, 3.8) is 0 Å². The molecule has 0 heterocycles. The summed E-state index contributed by atoms with van der Waals surface area (Å²) in [4.78, 5) is 54.4. The summed E-state index contributed by atoms with van der Waals surface area (Å²) >= 11 is 0. The predicted octanol–water partition coefficient (Wildman–Crippen LogP) is 4.26. The van der Waals surface area contributed by atoms with E-state index in [9.17, 15) is 24.3 Å². The van der Waals surface area contributed by atoms with Crippen molar-refractivity contribution in [2.24, 2.45) is 0 Å². The first-order chi connectivity index (χ1) is 19.0. The number of carbonyl (C=O) groups excluding carboxylic acids is 4. The van der Waals surface area contributed by atoms with E-state index < -0.39 is 53.2 Å². The topological polar surface area (TPSA) is 134 Å². The monoisotopic (exact) mass is 569 g/mol. The number of nitrogens with one attached hydrogen (secondary N) is 2. The van der Waals surface area contributed by atoms with Gasteiger partial charge in [0.25, 0.3) is 0 Å². The molecule has 10 heteroatoms. The third-order valence-electron chi connectivity index (χ3n) is 5.81. The molecular weight excluding hydrogens is 526 g/mol. The van der Waals surface area contributed by atoms with Gasteiger partial charge in [0.05, 0.1) is 0 Å². The number of phenolic OH excluding ortho intramolecular Hbond substituents is 1. The molecular formula is C31H43N3O7. The Morgan fingerprint density at radius 3 is 1.95 bits per heavy atom. The molecule has 3 unspecified atom stereocenters. The van der Waals surface area contributed by atoms with Crippen molar-refractivity contribution < 1.29 is 33.8 Å². The second-order valence-electron chi connectivity index (χ2n) is 11.7. The van der Waals surface area contributed by atoms with Gasteiger partial charge in [-0.2, -0.15) is 0 Å². The lowest BCUT2D eigenvalue weighted by Crippen LogP contribution is -2.54. The van der Waals surface area contributed by atoms with Crippen LogP contribution in [0.5, 0.6) is 5.75 Å². The fourth-order valence-corrected chi connectivity index (χ4v) is 4.10. The minimum absolute atomic E-state index is 0.0569. The number of amides is 3. The zero-order valence-corrected chi connectivity index (χ0v) is 25.2. The zero-order valence-electron chi connectivity index (χ0n) is 25.2. The van der Waals surface area contributed by atoms with Gasteiger partial charge < -0.3 is 30.1 Å². The molecule has 0 aliphatic carbocycles. The van der Waals surface area contributed by atoms with Gasteiger partial charge in [0, 0.05) is 18.5 Å². The fraction of sp³-hybridized carbons (Fsp3) is 0.484. The minimum Gasteiger partial charge on any atom is -0.508 e. The molecule has 0 aliphatic rings. The zero-order chi connectivity index (χ0) is 31.0. The first kappa shape index (κ1) is 33.1. The lowest BCUT2D eigenvalue weighted by atomic mass is 10.00. The molecule has 2 rings (SSSR count). The Labute approximate surface area is 242 Å². The molecule has 3 N–H and O–H groups in total. The lowest BCUT2D eigenvalue weighted by Gasteiger charge is -2.34. The summed E-state index contributed by atoms with van der Waals surface area (Å²) in [6, 6.07) is 11.9. The van der Waals surface area contributed by atoms with Crippen molar-refractivity contribution in [2.75, 3.05) is 6.54 Å². The van der Waals surface area contributed by atoms with Gasteiger partial charge in [-0.05, 0) is 67.0 Å². The van der Waals surface area contributed by atoms with Crippen molar-refractivity contribution in [1.82, 2.24) is 15.5 Å². The number of benzene rings is 2. The first-order valence-electron chi connectivity index (χ1n) is 13.7. The van der Waals surface area contributed by atoms with Gasteiger partial charge in [-0.3, -0.25) is 9.59 Å². The molecule has 3 amide bonds. The third kappa shape index (κ3) is 10.4. The Morgan fingerprint density at radius 2 is 1.41 bits per heavy atom. The number of aromatic hydroxyl groups is 1. The molecule has 0 aliphatic heterocycles. The molecule has 2 aromatic carbocycles. The number of hydrogen-bond acceptors (Lipinski definition) is 7. The minimum atomic E-state index is -1.32. The summed E-state index contributed by atoms with van der Waals surface area (Å²) in [5.74, 6) is -2.12. The van der Waals surface area contributed by atoms with E-state index in [1.165, 1.54) is 24.0 Å². The molecule has 3 atom stereocenters. The molecule has 41 heavy (non-hydrogen) atoms. The molecule has 0 spiro atoms. The van der Waals surface area contributed by atoms with E-state index in [0.717, 1.165) is 5.56 Å². The Kier molecular flexibility index (Phi) is 11.3. The van der Waals surface area contributed by atoms with Crippen LogP contribution in [0.25, 0.3) is 0 Å². The molecule has 0 saturated heterocycles. The van der Waals surface area contributed by atoms with Crippen LogP contribution in [-0.4, -0.2) is 63.7 Å². The van der Waals surface area contributed by atoms with Gasteiger partial charge >= 0.3 is 12.1 Å². The summed E-state index contributed by atoms with van der Waals surface area (Å²) in [5, 5.41) is 16.0. The second-order valence-corrected chi connectivity index (χ2v) is 11.7. The highest BCUT2D eigenvalue weighted by molar-refractivity contribution is 5.94. The van der Waals surface area contributed by atoms with Gasteiger partial charge in [0.1, 0.15) is 35.1 Å². The van der Waals surface area contributed by atoms with Gasteiger partial charge in [-0.25, -0.2) is 9.59 Å². The van der Waals surface area contributed by atoms with E-state index in [4.69, 9.17) is 9.47 Å². The third-order valence-corrected chi connectivity index (χ3v) is 5.81. The Morgan fingerprint density at radius 1 is 0.854 bits per heavy atom. The average Bonchev–Trinajstić information content (AvgIpc) is 2.85. The molecule has 2 aromatic rings. The largest absolute Gasteiger partial charge is 0.508 e. The lowest BCUT2D eigenvalue weighted by molar-refractivity contribution is -0.159. The number of phenols is 1. The van der Waals surface area contributed by atoms with Crippen LogP contribution in [0.2, 0.25) is 0 Å². The van der Waals surface area contributed by atoms with E-state index in [1.54, 1.807) is 60.6 Å². The Balaban J connectivity index is 2.44. The Hall–Kier alpha value is -4.08. The maximum Gasteiger partial charge on any atom is 0.408 e. The second kappa shape index (κ2) is 14.0. The molecule has 0 aromatic heterocycles. The number of nitrogens with zero attached hydrogens (tertiary/aromatic N) is 1. The summed E-state index contributed by atoms with van der Waals surface area (Å²) in [6.07, 6.45) is -0.642. The standard InChI is InChI=1S/C31H43N3O7/c1-9-34(27(37)20(2)32-29(39)41-31(6,7)8)25(22-17-13-14-18-24(22)35)26(36)33-23(28(38)40-30(3,4)5)19-21-15-11-10-12-16-21/h10-18,20,23,25,35H,9,19H2,1-8H3,(H,32,39)(H,33,36). The highest BCUT2D eigenvalue weighted by Crippen LogP contribution is 2.30. The molecule has 0 bridgehead atoms. The van der Waals surface area contributed by atoms with Crippen molar-refractivity contribution in [3.05, 3.63) is 65.7 Å². The molecule has 0 radical (unpaired) electrons. The van der Waals surface area contributed by atoms with E-state index in [1.807, 2.05) is 30.3 Å². The SMILES string of the molecule is CCN(C(=O)C(C)NC(=O)OC(C)(C)C)C(C(=O)NC(Cc1ccccc1)C(=O)OC(C)(C)C)c1ccccc1O. The number of ether oxygens (including phenoxy) is 2. The van der Waals surface area contributed by atoms with Crippen molar-refractivity contribution in [3.8, 4) is 5.75 Å². The quantitative estimate of drug-likeness (QED) is 0.364. The molecule has 224 valence electrons. The normalized spacial score (nSPS) is 13.8. The first-order valence-corrected chi connectivity index (χ1v) is 13.7. The van der Waals surface area contributed by atoms with Crippen LogP contribution in [-0.2, 0) is 30.3 Å². The highest BCUT2D eigenvalue weighted by Gasteiger charge is 2.37. The van der Waals surface area contributed by atoms with Crippen molar-refractivity contribution >= 4 is 23.9 Å². The maximum atomic E-state index is 14.0. The van der Waals surface area contributed by atoms with Crippen LogP contribution < -0.4 is 10.6 Å². The molecule has 0 saturated carbocycles. The summed E-state index contributed by atoms with van der Waals surface area (Å²) < 4.78 is 10.9. The number of esters is 1. The van der Waals surface area contributed by atoms with Gasteiger partial charge in [0.15, 0.2) is 0 Å². The van der Waals surface area contributed by atoms with E-state index in [0.29, 0.717) is 0 Å². The van der Waals surface area contributed by atoms with Crippen LogP contribution in [0, 0.1) is 0 Å². The fourth-order valence-electron chi connectivity index (χ4n) is 4.10. The smallest absolute Gasteiger partial charge is 0.408 e. The number of hydrogen-bond donors (Lipinski definition) is 3. The van der Waals surface area contributed by atoms with Gasteiger partial charge in [-0.1, -0.05) is 48.5 Å². The van der Waals surface area contributed by atoms with Crippen LogP contribution in [0.1, 0.15) is 72.6 Å². The van der Waals surface area contributed by atoms with Crippen LogP contribution in [0.3, 0.4) is 0 Å². The van der Waals surface area contributed by atoms with Crippen LogP contribution in [0.15, 0.2) is 54.6 Å². The summed E-state index contributed by atoms with van der Waals surface area (Å²) in [7, 11) is 0. The maximum absolute atomic E-state index is 14.0. The summed E-state index contributed by atoms with van der Waals surface area (Å²) in [6.45, 7) is 13.5. The van der Waals surface area contributed by atoms with Crippen molar-refractivity contribution in [1.29, 1.82) is 0 Å². The predicted molar refractivity (Wildman–Crippen MR) is 155 cm³/mol. The summed E-state index contributed by atoms with van der Waals surface area (Å²) in [5.41, 5.74) is -0.624. The average molecular weight is 570 g/mol. The number of rotatable bonds is 10. The Bertz CT molecular complexity index is 1200. The van der Waals surface area contributed by atoms with E-state index >= 15 is 0 Å². The number of alkyl carbamates (subject to hydrolysis) is 1. The number of para-hydroxylation sites is 1. The molecule has 0 fully saturated rings. The van der Waals surface area contributed by atoms with E-state index in [2.05, 4.69) is 10.6 Å².